The minimum atomic E-state index is -0.0745. The first-order chi connectivity index (χ1) is 10.2. The summed E-state index contributed by atoms with van der Waals surface area (Å²) in [6, 6.07) is 8.24. The molecule has 0 saturated carbocycles. The summed E-state index contributed by atoms with van der Waals surface area (Å²) in [5, 5.41) is 2.02. The summed E-state index contributed by atoms with van der Waals surface area (Å²) in [5.74, 6) is -0.0151. The van der Waals surface area contributed by atoms with Gasteiger partial charge in [-0.05, 0) is 32.0 Å². The standard InChI is InChI=1S/C16H18ClNO2S/c1-20-16(19)11-6-8-18(9-7-11)10-14-15(17)12-4-2-3-5-13(12)21-14/h2-5,11H,6-10H2,1H3. The summed E-state index contributed by atoms with van der Waals surface area (Å²) < 4.78 is 6.06. The number of carbonyl (C=O) groups is 1. The van der Waals surface area contributed by atoms with Crippen LogP contribution in [0.2, 0.25) is 5.02 Å². The van der Waals surface area contributed by atoms with Crippen LogP contribution in [0.3, 0.4) is 0 Å². The van der Waals surface area contributed by atoms with E-state index in [0.29, 0.717) is 0 Å². The fourth-order valence-electron chi connectivity index (χ4n) is 2.86. The van der Waals surface area contributed by atoms with E-state index in [1.165, 1.54) is 16.7 Å². The van der Waals surface area contributed by atoms with Crippen LogP contribution in [0, 0.1) is 5.92 Å². The number of fused-ring (bicyclic) bond motifs is 1. The Labute approximate surface area is 133 Å². The fraction of sp³-hybridized carbons (Fsp3) is 0.438. The van der Waals surface area contributed by atoms with E-state index in [1.807, 2.05) is 12.1 Å². The normalized spacial score (nSPS) is 17.2. The van der Waals surface area contributed by atoms with Crippen molar-refractivity contribution in [1.82, 2.24) is 4.90 Å². The predicted molar refractivity (Wildman–Crippen MR) is 86.9 cm³/mol. The van der Waals surface area contributed by atoms with Gasteiger partial charge in [0.1, 0.15) is 0 Å². The number of carbonyl (C=O) groups excluding carboxylic acids is 1. The molecular formula is C16H18ClNO2S. The first-order valence-electron chi connectivity index (χ1n) is 7.15. The number of benzene rings is 1. The van der Waals surface area contributed by atoms with Gasteiger partial charge < -0.3 is 4.74 Å². The van der Waals surface area contributed by atoms with Gasteiger partial charge in [0.2, 0.25) is 0 Å². The number of rotatable bonds is 3. The van der Waals surface area contributed by atoms with Crippen molar-refractivity contribution in [2.24, 2.45) is 5.92 Å². The van der Waals surface area contributed by atoms with Crippen LogP contribution in [0.25, 0.3) is 10.1 Å². The molecule has 1 saturated heterocycles. The Morgan fingerprint density at radius 1 is 1.38 bits per heavy atom. The summed E-state index contributed by atoms with van der Waals surface area (Å²) in [4.78, 5) is 15.1. The van der Waals surface area contributed by atoms with E-state index >= 15 is 0 Å². The number of hydrogen-bond donors (Lipinski definition) is 0. The fourth-order valence-corrected chi connectivity index (χ4v) is 4.40. The molecule has 21 heavy (non-hydrogen) atoms. The molecule has 0 amide bonds. The monoisotopic (exact) mass is 323 g/mol. The number of methoxy groups -OCH3 is 1. The summed E-state index contributed by atoms with van der Waals surface area (Å²) >= 11 is 8.25. The first kappa shape index (κ1) is 14.8. The highest BCUT2D eigenvalue weighted by molar-refractivity contribution is 7.19. The maximum Gasteiger partial charge on any atom is 0.308 e. The number of halogens is 1. The van der Waals surface area contributed by atoms with Gasteiger partial charge in [0.15, 0.2) is 0 Å². The van der Waals surface area contributed by atoms with Crippen LogP contribution in [0.1, 0.15) is 17.7 Å². The summed E-state index contributed by atoms with van der Waals surface area (Å²) in [6.45, 7) is 2.71. The zero-order valence-electron chi connectivity index (χ0n) is 12.0. The molecule has 3 rings (SSSR count). The molecule has 3 nitrogen and oxygen atoms in total. The number of likely N-dealkylation sites (tertiary alicyclic amines) is 1. The lowest BCUT2D eigenvalue weighted by Crippen LogP contribution is -2.36. The van der Waals surface area contributed by atoms with Crippen molar-refractivity contribution in [2.75, 3.05) is 20.2 Å². The molecule has 2 aromatic rings. The maximum absolute atomic E-state index is 11.5. The highest BCUT2D eigenvalue weighted by atomic mass is 35.5. The zero-order chi connectivity index (χ0) is 14.8. The van der Waals surface area contributed by atoms with Gasteiger partial charge in [-0.25, -0.2) is 0 Å². The largest absolute Gasteiger partial charge is 0.469 e. The molecule has 0 unspecified atom stereocenters. The van der Waals surface area contributed by atoms with E-state index in [0.717, 1.165) is 42.9 Å². The lowest BCUT2D eigenvalue weighted by molar-refractivity contribution is -0.147. The average molecular weight is 324 g/mol. The Morgan fingerprint density at radius 2 is 2.10 bits per heavy atom. The SMILES string of the molecule is COC(=O)C1CCN(Cc2sc3ccccc3c2Cl)CC1. The third kappa shape index (κ3) is 3.07. The van der Waals surface area contributed by atoms with E-state index in [9.17, 15) is 4.79 Å². The van der Waals surface area contributed by atoms with Crippen LogP contribution in [0.4, 0.5) is 0 Å². The van der Waals surface area contributed by atoms with Gasteiger partial charge in [0.25, 0.3) is 0 Å². The smallest absolute Gasteiger partial charge is 0.308 e. The van der Waals surface area contributed by atoms with Crippen molar-refractivity contribution in [1.29, 1.82) is 0 Å². The Hall–Kier alpha value is -1.10. The van der Waals surface area contributed by atoms with Crippen molar-refractivity contribution in [2.45, 2.75) is 19.4 Å². The predicted octanol–water partition coefficient (Wildman–Crippen LogP) is 3.94. The minimum Gasteiger partial charge on any atom is -0.469 e. The van der Waals surface area contributed by atoms with Gasteiger partial charge in [-0.15, -0.1) is 11.3 Å². The van der Waals surface area contributed by atoms with Crippen LogP contribution in [-0.2, 0) is 16.1 Å². The first-order valence-corrected chi connectivity index (χ1v) is 8.34. The van der Waals surface area contributed by atoms with E-state index in [4.69, 9.17) is 16.3 Å². The van der Waals surface area contributed by atoms with Crippen LogP contribution in [0.15, 0.2) is 24.3 Å². The van der Waals surface area contributed by atoms with Gasteiger partial charge in [-0.3, -0.25) is 9.69 Å². The summed E-state index contributed by atoms with van der Waals surface area (Å²) in [7, 11) is 1.46. The summed E-state index contributed by atoms with van der Waals surface area (Å²) in [6.07, 6.45) is 1.74. The number of hydrogen-bond acceptors (Lipinski definition) is 4. The number of nitrogens with zero attached hydrogens (tertiary/aromatic N) is 1. The molecule has 1 aromatic carbocycles. The molecule has 2 heterocycles. The molecule has 0 aliphatic carbocycles. The lowest BCUT2D eigenvalue weighted by Gasteiger charge is -2.30. The van der Waals surface area contributed by atoms with Crippen molar-refractivity contribution in [3.8, 4) is 0 Å². The molecular weight excluding hydrogens is 306 g/mol. The Morgan fingerprint density at radius 3 is 2.76 bits per heavy atom. The number of esters is 1. The molecule has 1 aliphatic rings. The molecule has 1 aromatic heterocycles. The molecule has 1 fully saturated rings. The van der Waals surface area contributed by atoms with E-state index in [-0.39, 0.29) is 11.9 Å². The Bertz CT molecular complexity index is 647. The third-order valence-electron chi connectivity index (χ3n) is 4.09. The number of ether oxygens (including phenoxy) is 1. The van der Waals surface area contributed by atoms with E-state index < -0.39 is 0 Å². The molecule has 0 bridgehead atoms. The van der Waals surface area contributed by atoms with Gasteiger partial charge in [-0.1, -0.05) is 29.8 Å². The van der Waals surface area contributed by atoms with E-state index in [1.54, 1.807) is 11.3 Å². The molecule has 112 valence electrons. The zero-order valence-corrected chi connectivity index (χ0v) is 13.5. The Balaban J connectivity index is 1.67. The molecule has 1 aliphatic heterocycles. The molecule has 0 spiro atoms. The Kier molecular flexibility index (Phi) is 4.48. The van der Waals surface area contributed by atoms with Crippen molar-refractivity contribution >= 4 is 39.0 Å². The van der Waals surface area contributed by atoms with Crippen molar-refractivity contribution in [3.63, 3.8) is 0 Å². The van der Waals surface area contributed by atoms with Crippen molar-refractivity contribution < 1.29 is 9.53 Å². The van der Waals surface area contributed by atoms with E-state index in [2.05, 4.69) is 17.0 Å². The lowest BCUT2D eigenvalue weighted by atomic mass is 9.97. The van der Waals surface area contributed by atoms with Gasteiger partial charge in [-0.2, -0.15) is 0 Å². The summed E-state index contributed by atoms with van der Waals surface area (Å²) in [5.41, 5.74) is 0. The van der Waals surface area contributed by atoms with Crippen LogP contribution >= 0.6 is 22.9 Å². The average Bonchev–Trinajstić information content (AvgIpc) is 2.84. The third-order valence-corrected chi connectivity index (χ3v) is 5.79. The number of piperidine rings is 1. The quantitative estimate of drug-likeness (QED) is 0.801. The molecule has 0 atom stereocenters. The molecule has 5 heteroatoms. The second-order valence-electron chi connectivity index (χ2n) is 5.41. The highest BCUT2D eigenvalue weighted by Gasteiger charge is 2.26. The maximum atomic E-state index is 11.5. The van der Waals surface area contributed by atoms with Crippen LogP contribution in [0.5, 0.6) is 0 Å². The second-order valence-corrected chi connectivity index (χ2v) is 6.92. The van der Waals surface area contributed by atoms with Gasteiger partial charge >= 0.3 is 5.97 Å². The topological polar surface area (TPSA) is 29.5 Å². The second kappa shape index (κ2) is 6.34. The number of thiophene rings is 1. The minimum absolute atomic E-state index is 0.0594. The highest BCUT2D eigenvalue weighted by Crippen LogP contribution is 2.36. The molecule has 0 radical (unpaired) electrons. The van der Waals surface area contributed by atoms with Crippen LogP contribution < -0.4 is 0 Å². The van der Waals surface area contributed by atoms with Gasteiger partial charge in [0, 0.05) is 21.5 Å². The van der Waals surface area contributed by atoms with Crippen molar-refractivity contribution in [3.05, 3.63) is 34.2 Å². The van der Waals surface area contributed by atoms with Gasteiger partial charge in [0.05, 0.1) is 18.1 Å². The molecule has 0 N–H and O–H groups in total. The van der Waals surface area contributed by atoms with Crippen LogP contribution in [-0.4, -0.2) is 31.1 Å².